The Labute approximate surface area is 71.5 Å². The number of hydrogen-bond donors (Lipinski definition) is 1. The Morgan fingerprint density at radius 2 is 2.25 bits per heavy atom. The number of ether oxygens (including phenoxy) is 1. The highest BCUT2D eigenvalue weighted by molar-refractivity contribution is 5.70. The minimum atomic E-state index is -0.901. The summed E-state index contributed by atoms with van der Waals surface area (Å²) in [5.41, 5.74) is 0. The Balaban J connectivity index is 3.84. The van der Waals surface area contributed by atoms with Crippen molar-refractivity contribution >= 4 is 12.3 Å². The lowest BCUT2D eigenvalue weighted by molar-refractivity contribution is -0.142. The van der Waals surface area contributed by atoms with Crippen LogP contribution in [0, 0.1) is 5.92 Å². The first-order chi connectivity index (χ1) is 5.61. The predicted octanol–water partition coefficient (Wildman–Crippen LogP) is 0.701. The van der Waals surface area contributed by atoms with Crippen molar-refractivity contribution in [2.45, 2.75) is 26.4 Å². The molecule has 0 rings (SSSR count). The number of carbonyl (C=O) groups excluding carboxylic acids is 1. The third kappa shape index (κ3) is 4.08. The highest BCUT2D eigenvalue weighted by Crippen LogP contribution is 2.07. The summed E-state index contributed by atoms with van der Waals surface area (Å²) in [7, 11) is 0. The van der Waals surface area contributed by atoms with Gasteiger partial charge in [-0.2, -0.15) is 0 Å². The average Bonchev–Trinajstić information content (AvgIpc) is 2.03. The van der Waals surface area contributed by atoms with Gasteiger partial charge in [0.15, 0.2) is 0 Å². The zero-order chi connectivity index (χ0) is 9.56. The minimum Gasteiger partial charge on any atom is -0.481 e. The van der Waals surface area contributed by atoms with Crippen LogP contribution in [-0.2, 0) is 14.3 Å². The number of carboxylic acid groups (broad SMARTS) is 1. The largest absolute Gasteiger partial charge is 0.481 e. The van der Waals surface area contributed by atoms with Crippen LogP contribution < -0.4 is 0 Å². The number of rotatable bonds is 6. The summed E-state index contributed by atoms with van der Waals surface area (Å²) in [6, 6.07) is 0. The molecule has 0 spiro atoms. The van der Waals surface area contributed by atoms with Gasteiger partial charge in [0.05, 0.1) is 5.92 Å². The molecule has 0 aliphatic carbocycles. The maximum atomic E-state index is 10.4. The van der Waals surface area contributed by atoms with Crippen LogP contribution in [0.25, 0.3) is 0 Å². The highest BCUT2D eigenvalue weighted by atomic mass is 16.5. The van der Waals surface area contributed by atoms with E-state index in [0.29, 0.717) is 12.9 Å². The maximum Gasteiger partial charge on any atom is 0.306 e. The van der Waals surface area contributed by atoms with Gasteiger partial charge in [-0.05, 0) is 13.3 Å². The molecule has 0 fully saturated rings. The van der Waals surface area contributed by atoms with Gasteiger partial charge in [-0.1, -0.05) is 6.92 Å². The van der Waals surface area contributed by atoms with E-state index in [9.17, 15) is 9.59 Å². The fourth-order valence-electron chi connectivity index (χ4n) is 0.826. The van der Waals surface area contributed by atoms with E-state index in [4.69, 9.17) is 9.84 Å². The predicted molar refractivity (Wildman–Crippen MR) is 42.9 cm³/mol. The molecule has 0 bridgehead atoms. The Kier molecular flexibility index (Phi) is 5.28. The Hall–Kier alpha value is -0.900. The van der Waals surface area contributed by atoms with Crippen molar-refractivity contribution in [1.29, 1.82) is 0 Å². The molecule has 12 heavy (non-hydrogen) atoms. The molecule has 0 aliphatic heterocycles. The molecule has 70 valence electrons. The fourth-order valence-corrected chi connectivity index (χ4v) is 0.826. The van der Waals surface area contributed by atoms with Gasteiger partial charge in [0.2, 0.25) is 0 Å². The second-order valence-electron chi connectivity index (χ2n) is 2.60. The van der Waals surface area contributed by atoms with Crippen LogP contribution >= 0.6 is 0 Å². The third-order valence-electron chi connectivity index (χ3n) is 1.54. The Bertz CT molecular complexity index is 155. The monoisotopic (exact) mass is 174 g/mol. The number of carboxylic acids is 1. The van der Waals surface area contributed by atoms with Crippen molar-refractivity contribution in [3.05, 3.63) is 0 Å². The number of aldehydes is 1. The van der Waals surface area contributed by atoms with Crippen molar-refractivity contribution in [3.63, 3.8) is 0 Å². The van der Waals surface area contributed by atoms with Crippen LogP contribution in [0.4, 0.5) is 0 Å². The average molecular weight is 174 g/mol. The molecular weight excluding hydrogens is 160 g/mol. The van der Waals surface area contributed by atoms with E-state index >= 15 is 0 Å². The molecule has 2 atom stereocenters. The van der Waals surface area contributed by atoms with Crippen molar-refractivity contribution in [3.8, 4) is 0 Å². The van der Waals surface area contributed by atoms with Crippen LogP contribution in [0.3, 0.4) is 0 Å². The summed E-state index contributed by atoms with van der Waals surface area (Å²) in [4.78, 5) is 20.7. The van der Waals surface area contributed by atoms with E-state index in [2.05, 4.69) is 0 Å². The molecule has 4 heteroatoms. The van der Waals surface area contributed by atoms with Crippen molar-refractivity contribution in [2.75, 3.05) is 6.61 Å². The quantitative estimate of drug-likeness (QED) is 0.602. The van der Waals surface area contributed by atoms with Gasteiger partial charge in [0.1, 0.15) is 12.4 Å². The SMILES string of the molecule is CCOC(C=O)CC(C)C(=O)O. The summed E-state index contributed by atoms with van der Waals surface area (Å²) < 4.78 is 4.98. The number of aliphatic carboxylic acids is 1. The summed E-state index contributed by atoms with van der Waals surface area (Å²) in [6.07, 6.45) is 0.302. The summed E-state index contributed by atoms with van der Waals surface area (Å²) >= 11 is 0. The lowest BCUT2D eigenvalue weighted by atomic mass is 10.1. The normalized spacial score (nSPS) is 15.2. The van der Waals surface area contributed by atoms with Gasteiger partial charge in [0.25, 0.3) is 0 Å². The van der Waals surface area contributed by atoms with E-state index in [1.165, 1.54) is 0 Å². The van der Waals surface area contributed by atoms with Gasteiger partial charge < -0.3 is 14.6 Å². The second kappa shape index (κ2) is 5.71. The first-order valence-corrected chi connectivity index (χ1v) is 3.91. The van der Waals surface area contributed by atoms with E-state index in [1.807, 2.05) is 0 Å². The molecule has 1 N–H and O–H groups in total. The van der Waals surface area contributed by atoms with Crippen LogP contribution in [-0.4, -0.2) is 30.1 Å². The molecule has 0 saturated carbocycles. The van der Waals surface area contributed by atoms with Crippen LogP contribution in [0.5, 0.6) is 0 Å². The van der Waals surface area contributed by atoms with Crippen molar-refractivity contribution in [1.82, 2.24) is 0 Å². The van der Waals surface area contributed by atoms with E-state index in [1.54, 1.807) is 13.8 Å². The number of carbonyl (C=O) groups is 2. The van der Waals surface area contributed by atoms with Crippen LogP contribution in [0.15, 0.2) is 0 Å². The Morgan fingerprint density at radius 1 is 1.67 bits per heavy atom. The number of hydrogen-bond acceptors (Lipinski definition) is 3. The molecule has 2 unspecified atom stereocenters. The lowest BCUT2D eigenvalue weighted by Crippen LogP contribution is -2.22. The van der Waals surface area contributed by atoms with Gasteiger partial charge >= 0.3 is 5.97 Å². The van der Waals surface area contributed by atoms with E-state index in [0.717, 1.165) is 0 Å². The molecule has 0 aromatic rings. The summed E-state index contributed by atoms with van der Waals surface area (Å²) in [6.45, 7) is 3.75. The first kappa shape index (κ1) is 11.1. The molecule has 0 radical (unpaired) electrons. The van der Waals surface area contributed by atoms with Gasteiger partial charge in [0, 0.05) is 6.61 Å². The van der Waals surface area contributed by atoms with E-state index in [-0.39, 0.29) is 6.42 Å². The molecule has 0 saturated heterocycles. The van der Waals surface area contributed by atoms with Crippen LogP contribution in [0.1, 0.15) is 20.3 Å². The van der Waals surface area contributed by atoms with Crippen LogP contribution in [0.2, 0.25) is 0 Å². The molecule has 0 heterocycles. The Morgan fingerprint density at radius 3 is 2.58 bits per heavy atom. The molecule has 0 aliphatic rings. The van der Waals surface area contributed by atoms with Gasteiger partial charge in [-0.3, -0.25) is 4.79 Å². The van der Waals surface area contributed by atoms with E-state index < -0.39 is 18.0 Å². The van der Waals surface area contributed by atoms with Gasteiger partial charge in [-0.25, -0.2) is 0 Å². The molecule has 0 aromatic heterocycles. The fraction of sp³-hybridized carbons (Fsp3) is 0.750. The molecule has 4 nitrogen and oxygen atoms in total. The standard InChI is InChI=1S/C8H14O4/c1-3-12-7(5-9)4-6(2)8(10)11/h5-7H,3-4H2,1-2H3,(H,10,11). The minimum absolute atomic E-state index is 0.243. The smallest absolute Gasteiger partial charge is 0.306 e. The first-order valence-electron chi connectivity index (χ1n) is 3.91. The van der Waals surface area contributed by atoms with Crippen molar-refractivity contribution in [2.24, 2.45) is 5.92 Å². The summed E-state index contributed by atoms with van der Waals surface area (Å²) in [5.74, 6) is -1.44. The highest BCUT2D eigenvalue weighted by Gasteiger charge is 2.17. The molecular formula is C8H14O4. The zero-order valence-electron chi connectivity index (χ0n) is 7.32. The second-order valence-corrected chi connectivity index (χ2v) is 2.60. The summed E-state index contributed by atoms with van der Waals surface area (Å²) in [5, 5.41) is 8.52. The van der Waals surface area contributed by atoms with Gasteiger partial charge in [-0.15, -0.1) is 0 Å². The maximum absolute atomic E-state index is 10.4. The lowest BCUT2D eigenvalue weighted by Gasteiger charge is -2.12. The topological polar surface area (TPSA) is 63.6 Å². The third-order valence-corrected chi connectivity index (χ3v) is 1.54. The molecule has 0 amide bonds. The zero-order valence-corrected chi connectivity index (χ0v) is 7.32. The van der Waals surface area contributed by atoms with Crippen molar-refractivity contribution < 1.29 is 19.4 Å². The molecule has 0 aromatic carbocycles.